The van der Waals surface area contributed by atoms with Crippen molar-refractivity contribution in [3.05, 3.63) is 35.7 Å². The molecule has 1 aliphatic rings. The van der Waals surface area contributed by atoms with Crippen LogP contribution in [-0.4, -0.2) is 42.7 Å². The molecule has 0 bridgehead atoms. The van der Waals surface area contributed by atoms with Gasteiger partial charge in [0, 0.05) is 50.3 Å². The SMILES string of the molecule is CCc1nsc(N(C)Cc2ccccc2N2CCOCC2)n1. The molecule has 1 fully saturated rings. The number of aromatic nitrogens is 2. The van der Waals surface area contributed by atoms with E-state index < -0.39 is 0 Å². The molecule has 0 unspecified atom stereocenters. The molecule has 0 radical (unpaired) electrons. The van der Waals surface area contributed by atoms with Crippen LogP contribution in [0.3, 0.4) is 0 Å². The van der Waals surface area contributed by atoms with Crippen LogP contribution in [0.15, 0.2) is 24.3 Å². The summed E-state index contributed by atoms with van der Waals surface area (Å²) in [6, 6.07) is 8.61. The zero-order valence-electron chi connectivity index (χ0n) is 13.2. The third-order valence-electron chi connectivity index (χ3n) is 3.85. The summed E-state index contributed by atoms with van der Waals surface area (Å²) < 4.78 is 9.83. The van der Waals surface area contributed by atoms with Crippen LogP contribution < -0.4 is 9.80 Å². The zero-order chi connectivity index (χ0) is 15.4. The van der Waals surface area contributed by atoms with Crippen molar-refractivity contribution >= 4 is 22.4 Å². The molecule has 0 atom stereocenters. The number of anilines is 2. The average molecular weight is 318 g/mol. The Bertz CT molecular complexity index is 610. The van der Waals surface area contributed by atoms with E-state index >= 15 is 0 Å². The number of hydrogen-bond acceptors (Lipinski definition) is 6. The first-order chi connectivity index (χ1) is 10.8. The monoisotopic (exact) mass is 318 g/mol. The smallest absolute Gasteiger partial charge is 0.205 e. The van der Waals surface area contributed by atoms with Gasteiger partial charge in [0.1, 0.15) is 5.82 Å². The lowest BCUT2D eigenvalue weighted by Crippen LogP contribution is -2.37. The van der Waals surface area contributed by atoms with Crippen LogP contribution >= 0.6 is 11.5 Å². The number of aryl methyl sites for hydroxylation is 1. The molecule has 118 valence electrons. The quantitative estimate of drug-likeness (QED) is 0.847. The predicted molar refractivity (Wildman–Crippen MR) is 90.9 cm³/mol. The molecular weight excluding hydrogens is 296 g/mol. The number of benzene rings is 1. The summed E-state index contributed by atoms with van der Waals surface area (Å²) in [6.45, 7) is 6.45. The Labute approximate surface area is 135 Å². The number of para-hydroxylation sites is 1. The van der Waals surface area contributed by atoms with Gasteiger partial charge in [-0.3, -0.25) is 0 Å². The lowest BCUT2D eigenvalue weighted by atomic mass is 10.1. The molecule has 1 saturated heterocycles. The Kier molecular flexibility index (Phi) is 4.90. The average Bonchev–Trinajstić information content (AvgIpc) is 3.05. The topological polar surface area (TPSA) is 41.5 Å². The molecule has 5 nitrogen and oxygen atoms in total. The molecule has 0 N–H and O–H groups in total. The zero-order valence-corrected chi connectivity index (χ0v) is 14.0. The number of rotatable bonds is 5. The van der Waals surface area contributed by atoms with Crippen molar-refractivity contribution in [2.24, 2.45) is 0 Å². The maximum Gasteiger partial charge on any atom is 0.205 e. The molecule has 22 heavy (non-hydrogen) atoms. The molecule has 0 saturated carbocycles. The molecule has 1 aromatic carbocycles. The first kappa shape index (κ1) is 15.2. The van der Waals surface area contributed by atoms with E-state index in [1.165, 1.54) is 22.8 Å². The molecule has 2 heterocycles. The van der Waals surface area contributed by atoms with Gasteiger partial charge in [0.15, 0.2) is 0 Å². The summed E-state index contributed by atoms with van der Waals surface area (Å²) in [5, 5.41) is 0.980. The third-order valence-corrected chi connectivity index (χ3v) is 4.72. The van der Waals surface area contributed by atoms with Gasteiger partial charge in [-0.1, -0.05) is 25.1 Å². The van der Waals surface area contributed by atoms with Gasteiger partial charge >= 0.3 is 0 Å². The molecule has 6 heteroatoms. The van der Waals surface area contributed by atoms with Crippen molar-refractivity contribution in [1.29, 1.82) is 0 Å². The highest BCUT2D eigenvalue weighted by Crippen LogP contribution is 2.25. The van der Waals surface area contributed by atoms with Gasteiger partial charge in [-0.15, -0.1) is 0 Å². The van der Waals surface area contributed by atoms with Gasteiger partial charge in [0.2, 0.25) is 5.13 Å². The highest BCUT2D eigenvalue weighted by molar-refractivity contribution is 7.09. The molecule has 3 rings (SSSR count). The van der Waals surface area contributed by atoms with Crippen molar-refractivity contribution in [2.75, 3.05) is 43.2 Å². The lowest BCUT2D eigenvalue weighted by molar-refractivity contribution is 0.122. The van der Waals surface area contributed by atoms with Crippen molar-refractivity contribution in [1.82, 2.24) is 9.36 Å². The third kappa shape index (κ3) is 3.39. The highest BCUT2D eigenvalue weighted by Gasteiger charge is 2.16. The molecule has 1 aliphatic heterocycles. The number of nitrogens with zero attached hydrogens (tertiary/aromatic N) is 4. The van der Waals surface area contributed by atoms with Gasteiger partial charge in [-0.25, -0.2) is 4.98 Å². The van der Waals surface area contributed by atoms with E-state index in [-0.39, 0.29) is 0 Å². The summed E-state index contributed by atoms with van der Waals surface area (Å²) >= 11 is 1.47. The summed E-state index contributed by atoms with van der Waals surface area (Å²) in [7, 11) is 2.08. The second-order valence-electron chi connectivity index (χ2n) is 5.43. The summed E-state index contributed by atoms with van der Waals surface area (Å²) in [4.78, 5) is 9.15. The Morgan fingerprint density at radius 1 is 1.27 bits per heavy atom. The number of morpholine rings is 1. The van der Waals surface area contributed by atoms with Gasteiger partial charge in [-0.05, 0) is 11.6 Å². The molecule has 0 amide bonds. The van der Waals surface area contributed by atoms with Crippen molar-refractivity contribution < 1.29 is 4.74 Å². The van der Waals surface area contributed by atoms with Gasteiger partial charge in [-0.2, -0.15) is 4.37 Å². The minimum Gasteiger partial charge on any atom is -0.378 e. The van der Waals surface area contributed by atoms with Crippen LogP contribution in [0.1, 0.15) is 18.3 Å². The summed E-state index contributed by atoms with van der Waals surface area (Å²) in [6.07, 6.45) is 0.884. The Hall–Kier alpha value is -1.66. The fourth-order valence-electron chi connectivity index (χ4n) is 2.62. The fourth-order valence-corrected chi connectivity index (χ4v) is 3.33. The predicted octanol–water partition coefficient (Wildman–Crippen LogP) is 2.57. The Balaban J connectivity index is 1.76. The van der Waals surface area contributed by atoms with E-state index in [0.29, 0.717) is 0 Å². The molecule has 0 aliphatic carbocycles. The van der Waals surface area contributed by atoms with Crippen LogP contribution in [0.2, 0.25) is 0 Å². The first-order valence-corrected chi connectivity index (χ1v) is 8.49. The molecule has 1 aromatic heterocycles. The highest BCUT2D eigenvalue weighted by atomic mass is 32.1. The van der Waals surface area contributed by atoms with Crippen molar-refractivity contribution in [2.45, 2.75) is 19.9 Å². The van der Waals surface area contributed by atoms with Crippen LogP contribution in [0.5, 0.6) is 0 Å². The van der Waals surface area contributed by atoms with E-state index in [4.69, 9.17) is 4.74 Å². The van der Waals surface area contributed by atoms with Gasteiger partial charge in [0.05, 0.1) is 13.2 Å². The maximum atomic E-state index is 5.46. The number of ether oxygens (including phenoxy) is 1. The van der Waals surface area contributed by atoms with Gasteiger partial charge in [0.25, 0.3) is 0 Å². The Morgan fingerprint density at radius 3 is 2.77 bits per heavy atom. The lowest BCUT2D eigenvalue weighted by Gasteiger charge is -2.31. The van der Waals surface area contributed by atoms with Crippen LogP contribution in [0.4, 0.5) is 10.8 Å². The summed E-state index contributed by atoms with van der Waals surface area (Å²) in [5.74, 6) is 0.924. The Morgan fingerprint density at radius 2 is 2.05 bits per heavy atom. The summed E-state index contributed by atoms with van der Waals surface area (Å²) in [5.41, 5.74) is 2.62. The van der Waals surface area contributed by atoms with E-state index in [0.717, 1.165) is 50.2 Å². The minimum absolute atomic E-state index is 0.806. The second-order valence-corrected chi connectivity index (χ2v) is 6.16. The van der Waals surface area contributed by atoms with Gasteiger partial charge < -0.3 is 14.5 Å². The van der Waals surface area contributed by atoms with E-state index in [9.17, 15) is 0 Å². The molecule has 0 spiro atoms. The minimum atomic E-state index is 0.806. The largest absolute Gasteiger partial charge is 0.378 e. The molecular formula is C16H22N4OS. The fraction of sp³-hybridized carbons (Fsp3) is 0.500. The number of hydrogen-bond donors (Lipinski definition) is 0. The van der Waals surface area contributed by atoms with E-state index in [1.807, 2.05) is 0 Å². The van der Waals surface area contributed by atoms with E-state index in [2.05, 4.69) is 57.4 Å². The van der Waals surface area contributed by atoms with Crippen molar-refractivity contribution in [3.63, 3.8) is 0 Å². The molecule has 2 aromatic rings. The second kappa shape index (κ2) is 7.07. The van der Waals surface area contributed by atoms with Crippen LogP contribution in [-0.2, 0) is 17.7 Å². The van der Waals surface area contributed by atoms with Crippen LogP contribution in [0.25, 0.3) is 0 Å². The standard InChI is InChI=1S/C16H22N4OS/c1-3-15-17-16(22-18-15)19(2)12-13-6-4-5-7-14(13)20-8-10-21-11-9-20/h4-7H,3,8-12H2,1-2H3. The van der Waals surface area contributed by atoms with Crippen molar-refractivity contribution in [3.8, 4) is 0 Å². The maximum absolute atomic E-state index is 5.46. The first-order valence-electron chi connectivity index (χ1n) is 7.72. The normalized spacial score (nSPS) is 15.1. The van der Waals surface area contributed by atoms with Crippen LogP contribution in [0, 0.1) is 0 Å². The van der Waals surface area contributed by atoms with E-state index in [1.54, 1.807) is 0 Å².